The van der Waals surface area contributed by atoms with Crippen LogP contribution < -0.4 is 37.6 Å². The summed E-state index contributed by atoms with van der Waals surface area (Å²) in [5.41, 5.74) is 5.40. The van der Waals surface area contributed by atoms with Gasteiger partial charge in [0.25, 0.3) is 5.91 Å². The Hall–Kier alpha value is -5.59. The first-order chi connectivity index (χ1) is 25.8. The lowest BCUT2D eigenvalue weighted by atomic mass is 9.96. The van der Waals surface area contributed by atoms with E-state index in [9.17, 15) is 48.3 Å². The Morgan fingerprint density at radius 3 is 1.89 bits per heavy atom. The van der Waals surface area contributed by atoms with Gasteiger partial charge in [0.2, 0.25) is 41.2 Å². The molecule has 0 aromatic heterocycles. The lowest BCUT2D eigenvalue weighted by Gasteiger charge is -2.28. The van der Waals surface area contributed by atoms with Gasteiger partial charge in [-0.05, 0) is 46.0 Å². The summed E-state index contributed by atoms with van der Waals surface area (Å²) in [7, 11) is 0. The van der Waals surface area contributed by atoms with Gasteiger partial charge in [-0.25, -0.2) is 0 Å². The Morgan fingerprint density at radius 1 is 0.764 bits per heavy atom. The molecule has 0 heterocycles. The van der Waals surface area contributed by atoms with Crippen LogP contribution in [0, 0.1) is 5.92 Å². The highest BCUT2D eigenvalue weighted by atomic mass is 16.5. The highest BCUT2D eigenvalue weighted by Gasteiger charge is 2.36. The number of amides is 7. The monoisotopic (exact) mass is 777 g/mol. The Kier molecular flexibility index (Phi) is 20.6. The van der Waals surface area contributed by atoms with Crippen LogP contribution in [0.25, 0.3) is 0 Å². The second-order valence-corrected chi connectivity index (χ2v) is 13.1. The van der Waals surface area contributed by atoms with E-state index in [4.69, 9.17) is 15.2 Å². The first kappa shape index (κ1) is 47.4. The molecule has 1 fully saturated rings. The highest BCUT2D eigenvalue weighted by Crippen LogP contribution is 2.28. The smallest absolute Gasteiger partial charge is 0.306 e. The summed E-state index contributed by atoms with van der Waals surface area (Å²) >= 11 is 0. The van der Waals surface area contributed by atoms with Crippen molar-refractivity contribution >= 4 is 53.1 Å². The summed E-state index contributed by atoms with van der Waals surface area (Å²) in [6.07, 6.45) is 3.53. The molecule has 0 bridgehead atoms. The number of esters is 1. The Labute approximate surface area is 320 Å². The fraction of sp³-hybridized carbons (Fsp3) is 0.583. The number of ether oxygens (including phenoxy) is 2. The van der Waals surface area contributed by atoms with Crippen molar-refractivity contribution in [1.82, 2.24) is 31.9 Å². The number of nitrogens with two attached hydrogens (primary N) is 1. The number of Topliss-reactive ketones (excluding diaryl/α,β-unsaturated/α-hetero) is 1. The summed E-state index contributed by atoms with van der Waals surface area (Å²) in [4.78, 5) is 114. The van der Waals surface area contributed by atoms with E-state index in [2.05, 4.69) is 51.6 Å². The Balaban J connectivity index is 2.97. The van der Waals surface area contributed by atoms with E-state index in [0.29, 0.717) is 12.8 Å². The summed E-state index contributed by atoms with van der Waals surface area (Å²) in [5, 5.41) is 24.5. The number of primary amides is 1. The van der Waals surface area contributed by atoms with E-state index < -0.39 is 95.5 Å². The molecule has 306 valence electrons. The van der Waals surface area contributed by atoms with Gasteiger partial charge in [-0.3, -0.25) is 43.2 Å². The second kappa shape index (κ2) is 23.9. The number of aliphatic hydroxyl groups excluding tert-OH is 1. The molecule has 9 N–H and O–H groups in total. The average Bonchev–Trinajstić information content (AvgIpc) is 3.66. The van der Waals surface area contributed by atoms with E-state index in [1.165, 1.54) is 39.8 Å². The van der Waals surface area contributed by atoms with Crippen molar-refractivity contribution in [2.75, 3.05) is 13.2 Å². The summed E-state index contributed by atoms with van der Waals surface area (Å²) in [6.45, 7) is 15.5. The number of hydrogen-bond acceptors (Lipinski definition) is 12. The molecule has 19 heteroatoms. The number of ketones is 1. The van der Waals surface area contributed by atoms with Crippen molar-refractivity contribution in [3.8, 4) is 0 Å². The normalized spacial score (nSPS) is 16.2. The minimum atomic E-state index is -1.55. The minimum Gasteiger partial charge on any atom is -0.494 e. The third-order valence-electron chi connectivity index (χ3n) is 8.42. The van der Waals surface area contributed by atoms with Crippen molar-refractivity contribution < 1.29 is 57.7 Å². The van der Waals surface area contributed by atoms with E-state index in [1.54, 1.807) is 0 Å². The Morgan fingerprint density at radius 2 is 1.35 bits per heavy atom. The minimum absolute atomic E-state index is 0.00166. The molecule has 0 radical (unpaired) electrons. The van der Waals surface area contributed by atoms with Gasteiger partial charge in [-0.2, -0.15) is 0 Å². The van der Waals surface area contributed by atoms with Crippen LogP contribution in [0.4, 0.5) is 0 Å². The number of rotatable bonds is 25. The number of carbonyl (C=O) groups is 9. The van der Waals surface area contributed by atoms with Gasteiger partial charge in [-0.15, -0.1) is 0 Å². The molecule has 0 saturated heterocycles. The number of hydrogen-bond donors (Lipinski definition) is 8. The van der Waals surface area contributed by atoms with Gasteiger partial charge in [0.05, 0.1) is 17.9 Å². The van der Waals surface area contributed by atoms with Crippen LogP contribution in [0.5, 0.6) is 0 Å². The lowest BCUT2D eigenvalue weighted by Crippen LogP contribution is -2.60. The standard InChI is InChI=1S/C36H55N7O12/c1-8-16-54-19(3)18-26(33(50)41-25(31(37)48)14-15-27(46)55-17-9-2)42-36(53)30(47)20(4)38-32(49)21(5)39-34(51)28(22(6)44)43-35(52)29(40-23(7)45)24-12-10-11-13-24/h8-9,20-22,24-26,28-29,44H,1-3,10-18H2,4-7H3,(H2,37,48)(H,38,49)(H,39,51)(H,40,45)(H,41,50)(H,42,53)(H,43,52)/t20-,21-,22+,25-,26-,28-,29-/m0/s1. The molecule has 1 aliphatic rings. The predicted octanol–water partition coefficient (Wildman–Crippen LogP) is -1.80. The van der Waals surface area contributed by atoms with Gasteiger partial charge in [0.15, 0.2) is 0 Å². The molecular weight excluding hydrogens is 722 g/mol. The van der Waals surface area contributed by atoms with Crippen molar-refractivity contribution in [3.63, 3.8) is 0 Å². The SMILES string of the molecule is C=CCOC(=C)C[C@H](NC(=O)C(=O)[C@H](C)NC(=O)[C@H](C)NC(=O)[C@@H](NC(=O)[C@@H](NC(C)=O)C1CCCC1)[C@@H](C)O)C(=O)N[C@@H](CCC(=O)OCC=C)C(N)=O. The van der Waals surface area contributed by atoms with Gasteiger partial charge >= 0.3 is 5.97 Å². The molecule has 1 saturated carbocycles. The predicted molar refractivity (Wildman–Crippen MR) is 197 cm³/mol. The largest absolute Gasteiger partial charge is 0.494 e. The van der Waals surface area contributed by atoms with Gasteiger partial charge in [0.1, 0.15) is 43.4 Å². The molecule has 7 atom stereocenters. The molecule has 0 unspecified atom stereocenters. The summed E-state index contributed by atoms with van der Waals surface area (Å²) in [6, 6.07) is -8.20. The third-order valence-corrected chi connectivity index (χ3v) is 8.42. The first-order valence-electron chi connectivity index (χ1n) is 17.8. The van der Waals surface area contributed by atoms with Crippen molar-refractivity contribution in [2.24, 2.45) is 11.7 Å². The van der Waals surface area contributed by atoms with E-state index in [0.717, 1.165) is 12.8 Å². The van der Waals surface area contributed by atoms with Crippen LogP contribution >= 0.6 is 0 Å². The molecule has 0 aliphatic heterocycles. The lowest BCUT2D eigenvalue weighted by molar-refractivity contribution is -0.143. The quantitative estimate of drug-likeness (QED) is 0.0221. The maximum absolute atomic E-state index is 13.2. The van der Waals surface area contributed by atoms with Crippen LogP contribution in [0.1, 0.15) is 72.6 Å². The fourth-order valence-electron chi connectivity index (χ4n) is 5.47. The molecule has 0 spiro atoms. The van der Waals surface area contributed by atoms with Gasteiger partial charge in [-0.1, -0.05) is 44.7 Å². The molecule has 55 heavy (non-hydrogen) atoms. The molecule has 1 aliphatic carbocycles. The number of nitrogens with one attached hydrogen (secondary N) is 6. The van der Waals surface area contributed by atoms with Gasteiger partial charge in [0, 0.05) is 19.8 Å². The van der Waals surface area contributed by atoms with Gasteiger partial charge < -0.3 is 52.2 Å². The zero-order chi connectivity index (χ0) is 41.8. The summed E-state index contributed by atoms with van der Waals surface area (Å²) in [5.74, 6) is -8.33. The van der Waals surface area contributed by atoms with E-state index in [1.807, 2.05) is 0 Å². The number of carbonyl (C=O) groups excluding carboxylic acids is 9. The molecular formula is C36H55N7O12. The van der Waals surface area contributed by atoms with Crippen molar-refractivity contribution in [1.29, 1.82) is 0 Å². The topological polar surface area (TPSA) is 291 Å². The molecule has 19 nitrogen and oxygen atoms in total. The van der Waals surface area contributed by atoms with Crippen LogP contribution in [-0.2, 0) is 52.6 Å². The molecule has 0 aromatic carbocycles. The zero-order valence-electron chi connectivity index (χ0n) is 31.8. The van der Waals surface area contributed by atoms with Crippen LogP contribution in [0.15, 0.2) is 37.6 Å². The van der Waals surface area contributed by atoms with Crippen LogP contribution in [0.2, 0.25) is 0 Å². The zero-order valence-corrected chi connectivity index (χ0v) is 31.8. The summed E-state index contributed by atoms with van der Waals surface area (Å²) < 4.78 is 10.2. The van der Waals surface area contributed by atoms with Crippen LogP contribution in [0.3, 0.4) is 0 Å². The first-order valence-corrected chi connectivity index (χ1v) is 17.8. The molecule has 0 aromatic rings. The molecule has 7 amide bonds. The van der Waals surface area contributed by atoms with E-state index >= 15 is 0 Å². The second-order valence-electron chi connectivity index (χ2n) is 13.1. The van der Waals surface area contributed by atoms with E-state index in [-0.39, 0.29) is 44.2 Å². The fourth-order valence-corrected chi connectivity index (χ4v) is 5.47. The average molecular weight is 778 g/mol. The highest BCUT2D eigenvalue weighted by molar-refractivity contribution is 6.38. The van der Waals surface area contributed by atoms with Crippen molar-refractivity contribution in [2.45, 2.75) is 115 Å². The van der Waals surface area contributed by atoms with Crippen molar-refractivity contribution in [3.05, 3.63) is 37.6 Å². The maximum Gasteiger partial charge on any atom is 0.306 e. The van der Waals surface area contributed by atoms with Crippen LogP contribution in [-0.4, -0.2) is 114 Å². The maximum atomic E-state index is 13.2. The Bertz CT molecular complexity index is 1460. The number of aliphatic hydroxyl groups is 1. The molecule has 1 rings (SSSR count). The third kappa shape index (κ3) is 17.0.